The number of hydrogen-bond acceptors (Lipinski definition) is 2. The molecule has 0 aromatic heterocycles. The number of benzene rings is 2. The third-order valence-corrected chi connectivity index (χ3v) is 5.68. The molecular formula is C26H39ClO2. The minimum atomic E-state index is 0.677. The average Bonchev–Trinajstić information content (AvgIpc) is 2.72. The summed E-state index contributed by atoms with van der Waals surface area (Å²) in [5.74, 6) is 1.70. The van der Waals surface area contributed by atoms with Gasteiger partial charge < -0.3 is 9.47 Å². The molecule has 0 aliphatic rings. The molecular weight excluding hydrogens is 380 g/mol. The molecule has 0 saturated heterocycles. The van der Waals surface area contributed by atoms with Gasteiger partial charge in [0.1, 0.15) is 11.5 Å². The molecule has 0 atom stereocenters. The van der Waals surface area contributed by atoms with Crippen LogP contribution in [-0.2, 0) is 0 Å². The van der Waals surface area contributed by atoms with Gasteiger partial charge in [0, 0.05) is 0 Å². The Morgan fingerprint density at radius 3 is 1.86 bits per heavy atom. The van der Waals surface area contributed by atoms with E-state index in [9.17, 15) is 0 Å². The molecule has 0 spiro atoms. The predicted molar refractivity (Wildman–Crippen MR) is 127 cm³/mol. The molecule has 29 heavy (non-hydrogen) atoms. The van der Waals surface area contributed by atoms with Crippen molar-refractivity contribution in [1.82, 2.24) is 0 Å². The molecule has 0 amide bonds. The number of fused-ring (bicyclic) bond motifs is 1. The number of ether oxygens (including phenoxy) is 2. The van der Waals surface area contributed by atoms with Crippen molar-refractivity contribution in [2.45, 2.75) is 90.9 Å². The topological polar surface area (TPSA) is 18.5 Å². The van der Waals surface area contributed by atoms with Crippen LogP contribution in [0.15, 0.2) is 30.3 Å². The van der Waals surface area contributed by atoms with Crippen LogP contribution in [0.25, 0.3) is 10.8 Å². The maximum absolute atomic E-state index is 6.46. The normalized spacial score (nSPS) is 11.1. The van der Waals surface area contributed by atoms with Gasteiger partial charge in [0.2, 0.25) is 0 Å². The van der Waals surface area contributed by atoms with E-state index in [4.69, 9.17) is 21.1 Å². The van der Waals surface area contributed by atoms with Crippen molar-refractivity contribution in [1.29, 1.82) is 0 Å². The Balaban J connectivity index is 1.77. The van der Waals surface area contributed by atoms with Crippen molar-refractivity contribution >= 4 is 22.4 Å². The minimum absolute atomic E-state index is 0.677. The van der Waals surface area contributed by atoms with E-state index in [1.165, 1.54) is 64.2 Å². The molecule has 0 N–H and O–H groups in total. The van der Waals surface area contributed by atoms with Gasteiger partial charge in [-0.25, -0.2) is 0 Å². The van der Waals surface area contributed by atoms with E-state index < -0.39 is 0 Å². The van der Waals surface area contributed by atoms with Gasteiger partial charge in [-0.2, -0.15) is 0 Å². The SMILES string of the molecule is CCCCCCCCOc1ccc2cc(OCCCCCCCC)c(Cl)cc2c1. The van der Waals surface area contributed by atoms with Gasteiger partial charge in [-0.3, -0.25) is 0 Å². The predicted octanol–water partition coefficient (Wildman–Crippen LogP) is 8.97. The van der Waals surface area contributed by atoms with Gasteiger partial charge in [0.25, 0.3) is 0 Å². The fourth-order valence-corrected chi connectivity index (χ4v) is 3.79. The molecule has 0 heterocycles. The Labute approximate surface area is 182 Å². The van der Waals surface area contributed by atoms with E-state index in [-0.39, 0.29) is 0 Å². The summed E-state index contributed by atoms with van der Waals surface area (Å²) in [6.07, 6.45) is 15.2. The smallest absolute Gasteiger partial charge is 0.138 e. The first kappa shape index (κ1) is 23.9. The maximum Gasteiger partial charge on any atom is 0.138 e. The van der Waals surface area contributed by atoms with Crippen molar-refractivity contribution in [3.63, 3.8) is 0 Å². The summed E-state index contributed by atoms with van der Waals surface area (Å²) >= 11 is 6.46. The Morgan fingerprint density at radius 2 is 1.21 bits per heavy atom. The largest absolute Gasteiger partial charge is 0.494 e. The van der Waals surface area contributed by atoms with Crippen LogP contribution in [0, 0.1) is 0 Å². The van der Waals surface area contributed by atoms with Crippen molar-refractivity contribution in [2.24, 2.45) is 0 Å². The third-order valence-electron chi connectivity index (χ3n) is 5.38. The van der Waals surface area contributed by atoms with Crippen molar-refractivity contribution in [3.8, 4) is 11.5 Å². The lowest BCUT2D eigenvalue weighted by molar-refractivity contribution is 0.304. The summed E-state index contributed by atoms with van der Waals surface area (Å²) in [4.78, 5) is 0. The number of rotatable bonds is 16. The Kier molecular flexibility index (Phi) is 12.0. The van der Waals surface area contributed by atoms with Crippen molar-refractivity contribution in [2.75, 3.05) is 13.2 Å². The van der Waals surface area contributed by atoms with Crippen LogP contribution in [0.5, 0.6) is 11.5 Å². The highest BCUT2D eigenvalue weighted by atomic mass is 35.5. The van der Waals surface area contributed by atoms with Crippen LogP contribution in [0.3, 0.4) is 0 Å². The Morgan fingerprint density at radius 1 is 0.621 bits per heavy atom. The lowest BCUT2D eigenvalue weighted by atomic mass is 10.1. The zero-order valence-corrected chi connectivity index (χ0v) is 19.2. The fourth-order valence-electron chi connectivity index (χ4n) is 3.56. The van der Waals surface area contributed by atoms with Gasteiger partial charge in [-0.1, -0.05) is 95.7 Å². The molecule has 2 aromatic rings. The van der Waals surface area contributed by atoms with E-state index >= 15 is 0 Å². The summed E-state index contributed by atoms with van der Waals surface area (Å²) in [5, 5.41) is 2.91. The summed E-state index contributed by atoms with van der Waals surface area (Å²) in [6.45, 7) is 6.01. The van der Waals surface area contributed by atoms with Crippen LogP contribution < -0.4 is 9.47 Å². The Hall–Kier alpha value is -1.41. The second-order valence-electron chi connectivity index (χ2n) is 8.02. The lowest BCUT2D eigenvalue weighted by Gasteiger charge is -2.11. The third kappa shape index (κ3) is 9.30. The molecule has 2 rings (SSSR count). The molecule has 0 fully saturated rings. The summed E-state index contributed by atoms with van der Waals surface area (Å²) in [5.41, 5.74) is 0. The number of hydrogen-bond donors (Lipinski definition) is 0. The summed E-state index contributed by atoms with van der Waals surface area (Å²) < 4.78 is 11.9. The number of halogens is 1. The molecule has 0 unspecified atom stereocenters. The molecule has 2 nitrogen and oxygen atoms in total. The maximum atomic E-state index is 6.46. The molecule has 3 heteroatoms. The first-order chi connectivity index (χ1) is 14.2. The molecule has 0 radical (unpaired) electrons. The highest BCUT2D eigenvalue weighted by Gasteiger charge is 2.06. The van der Waals surface area contributed by atoms with Crippen molar-refractivity contribution < 1.29 is 9.47 Å². The Bertz CT molecular complexity index is 698. The van der Waals surface area contributed by atoms with E-state index in [1.54, 1.807) is 0 Å². The van der Waals surface area contributed by atoms with E-state index in [2.05, 4.69) is 26.0 Å². The molecule has 0 saturated carbocycles. The first-order valence-electron chi connectivity index (χ1n) is 11.7. The van der Waals surface area contributed by atoms with Crippen LogP contribution in [0.1, 0.15) is 90.9 Å². The second kappa shape index (κ2) is 14.6. The standard InChI is InChI=1S/C26H39ClO2/c1-3-5-7-9-11-13-17-28-24-16-15-22-21-26(25(27)20-23(22)19-24)29-18-14-12-10-8-6-4-2/h15-16,19-21H,3-14,17-18H2,1-2H3. The average molecular weight is 419 g/mol. The fraction of sp³-hybridized carbons (Fsp3) is 0.615. The summed E-state index contributed by atoms with van der Waals surface area (Å²) in [6, 6.07) is 10.3. The van der Waals surface area contributed by atoms with E-state index in [0.717, 1.165) is 48.3 Å². The zero-order chi connectivity index (χ0) is 20.7. The highest BCUT2D eigenvalue weighted by molar-refractivity contribution is 6.32. The molecule has 0 aliphatic heterocycles. The zero-order valence-electron chi connectivity index (χ0n) is 18.5. The van der Waals surface area contributed by atoms with Gasteiger partial charge in [-0.05, 0) is 47.9 Å². The molecule has 0 aliphatic carbocycles. The quantitative estimate of drug-likeness (QED) is 0.253. The van der Waals surface area contributed by atoms with Crippen LogP contribution in [-0.4, -0.2) is 13.2 Å². The minimum Gasteiger partial charge on any atom is -0.494 e. The van der Waals surface area contributed by atoms with Crippen LogP contribution >= 0.6 is 11.6 Å². The summed E-state index contributed by atoms with van der Waals surface area (Å²) in [7, 11) is 0. The first-order valence-corrected chi connectivity index (χ1v) is 12.1. The lowest BCUT2D eigenvalue weighted by Crippen LogP contribution is -1.99. The molecule has 162 valence electrons. The van der Waals surface area contributed by atoms with Gasteiger partial charge in [0.05, 0.1) is 18.2 Å². The number of unbranched alkanes of at least 4 members (excludes halogenated alkanes) is 10. The second-order valence-corrected chi connectivity index (χ2v) is 8.43. The highest BCUT2D eigenvalue weighted by Crippen LogP contribution is 2.32. The van der Waals surface area contributed by atoms with Gasteiger partial charge in [-0.15, -0.1) is 0 Å². The van der Waals surface area contributed by atoms with E-state index in [1.807, 2.05) is 18.2 Å². The molecule has 2 aromatic carbocycles. The van der Waals surface area contributed by atoms with E-state index in [0.29, 0.717) is 5.02 Å². The monoisotopic (exact) mass is 418 g/mol. The van der Waals surface area contributed by atoms with Gasteiger partial charge in [0.15, 0.2) is 0 Å². The van der Waals surface area contributed by atoms with Gasteiger partial charge >= 0.3 is 0 Å². The van der Waals surface area contributed by atoms with Crippen LogP contribution in [0.4, 0.5) is 0 Å². The van der Waals surface area contributed by atoms with Crippen molar-refractivity contribution in [3.05, 3.63) is 35.4 Å². The van der Waals surface area contributed by atoms with Crippen LogP contribution in [0.2, 0.25) is 5.02 Å². The molecule has 0 bridgehead atoms.